The van der Waals surface area contributed by atoms with Crippen molar-refractivity contribution in [1.82, 2.24) is 0 Å². The highest BCUT2D eigenvalue weighted by Crippen LogP contribution is 2.13. The van der Waals surface area contributed by atoms with Gasteiger partial charge in [0.2, 0.25) is 5.50 Å². The Morgan fingerprint density at radius 1 is 1.80 bits per heavy atom. The lowest BCUT2D eigenvalue weighted by atomic mass is 10.4. The van der Waals surface area contributed by atoms with E-state index in [1.54, 1.807) is 0 Å². The number of carboxylic acid groups (broad SMARTS) is 1. The minimum absolute atomic E-state index is 0.587. The summed E-state index contributed by atoms with van der Waals surface area (Å²) >= 11 is 0.843. The molecule has 4 heteroatoms. The van der Waals surface area contributed by atoms with Crippen molar-refractivity contribution in [1.29, 1.82) is 0 Å². The highest BCUT2D eigenvalue weighted by atomic mass is 32.2. The van der Waals surface area contributed by atoms with E-state index in [9.17, 15) is 9.18 Å². The number of carbonyl (C=O) groups is 1. The summed E-state index contributed by atoms with van der Waals surface area (Å²) in [5.41, 5.74) is -1.74. The van der Waals surface area contributed by atoms with Crippen LogP contribution in [-0.2, 0) is 4.79 Å². The topological polar surface area (TPSA) is 37.3 Å². The number of halogens is 1. The summed E-state index contributed by atoms with van der Waals surface area (Å²) in [4.78, 5) is 9.90. The van der Waals surface area contributed by atoms with Crippen molar-refractivity contribution >= 4 is 17.7 Å². The largest absolute Gasteiger partial charge is 0.478 e. The SMILES string of the molecule is CCCCSC(F)C(=O)O. The van der Waals surface area contributed by atoms with Gasteiger partial charge in [-0.2, -0.15) is 0 Å². The number of rotatable bonds is 5. The highest BCUT2D eigenvalue weighted by molar-refractivity contribution is 8.00. The molecule has 60 valence electrons. The second-order valence-corrected chi connectivity index (χ2v) is 3.03. The Labute approximate surface area is 63.8 Å². The van der Waals surface area contributed by atoms with Gasteiger partial charge >= 0.3 is 5.97 Å². The molecule has 10 heavy (non-hydrogen) atoms. The van der Waals surface area contributed by atoms with E-state index >= 15 is 0 Å². The number of hydrogen-bond acceptors (Lipinski definition) is 2. The Balaban J connectivity index is 3.21. The zero-order chi connectivity index (χ0) is 7.98. The molecule has 0 aliphatic heterocycles. The molecule has 0 saturated heterocycles. The molecule has 0 saturated carbocycles. The van der Waals surface area contributed by atoms with Gasteiger partial charge < -0.3 is 5.11 Å². The molecule has 0 radical (unpaired) electrons. The molecule has 0 aliphatic carbocycles. The number of alkyl halides is 1. The van der Waals surface area contributed by atoms with Gasteiger partial charge in [-0.05, 0) is 12.2 Å². The molecule has 2 nitrogen and oxygen atoms in total. The van der Waals surface area contributed by atoms with Gasteiger partial charge in [-0.3, -0.25) is 0 Å². The second-order valence-electron chi connectivity index (χ2n) is 1.88. The molecule has 0 aromatic carbocycles. The van der Waals surface area contributed by atoms with Gasteiger partial charge in [-0.1, -0.05) is 13.3 Å². The van der Waals surface area contributed by atoms with Crippen LogP contribution in [0.25, 0.3) is 0 Å². The minimum atomic E-state index is -1.74. The van der Waals surface area contributed by atoms with Crippen molar-refractivity contribution in [2.75, 3.05) is 5.75 Å². The first kappa shape index (κ1) is 9.75. The maximum atomic E-state index is 12.2. The Hall–Kier alpha value is -0.250. The molecule has 1 unspecified atom stereocenters. The first-order valence-electron chi connectivity index (χ1n) is 3.17. The van der Waals surface area contributed by atoms with Gasteiger partial charge in [-0.25, -0.2) is 9.18 Å². The van der Waals surface area contributed by atoms with Crippen LogP contribution in [-0.4, -0.2) is 22.3 Å². The Bertz CT molecular complexity index is 108. The summed E-state index contributed by atoms with van der Waals surface area (Å²) in [6.07, 6.45) is 1.84. The van der Waals surface area contributed by atoms with Gasteiger partial charge in [0.15, 0.2) is 0 Å². The zero-order valence-corrected chi connectivity index (χ0v) is 6.66. The molecule has 0 aliphatic rings. The Kier molecular flexibility index (Phi) is 5.39. The minimum Gasteiger partial charge on any atom is -0.478 e. The van der Waals surface area contributed by atoms with Gasteiger partial charge in [0, 0.05) is 0 Å². The average Bonchev–Trinajstić information content (AvgIpc) is 1.88. The third-order valence-corrected chi connectivity index (χ3v) is 1.97. The maximum Gasteiger partial charge on any atom is 0.348 e. The molecule has 0 rings (SSSR count). The smallest absolute Gasteiger partial charge is 0.348 e. The first-order valence-corrected chi connectivity index (χ1v) is 4.21. The van der Waals surface area contributed by atoms with Crippen molar-refractivity contribution in [2.24, 2.45) is 0 Å². The third kappa shape index (κ3) is 4.61. The fourth-order valence-electron chi connectivity index (χ4n) is 0.402. The van der Waals surface area contributed by atoms with Crippen molar-refractivity contribution in [3.8, 4) is 0 Å². The lowest BCUT2D eigenvalue weighted by Gasteiger charge is -1.99. The molecule has 0 amide bonds. The van der Waals surface area contributed by atoms with Crippen molar-refractivity contribution in [2.45, 2.75) is 25.3 Å². The van der Waals surface area contributed by atoms with E-state index in [0.717, 1.165) is 24.6 Å². The van der Waals surface area contributed by atoms with E-state index in [-0.39, 0.29) is 0 Å². The number of unbranched alkanes of at least 4 members (excludes halogenated alkanes) is 1. The van der Waals surface area contributed by atoms with Crippen LogP contribution in [0.4, 0.5) is 4.39 Å². The Morgan fingerprint density at radius 2 is 2.40 bits per heavy atom. The zero-order valence-electron chi connectivity index (χ0n) is 5.84. The van der Waals surface area contributed by atoms with Gasteiger partial charge in [0.05, 0.1) is 0 Å². The summed E-state index contributed by atoms with van der Waals surface area (Å²) in [6, 6.07) is 0. The summed E-state index contributed by atoms with van der Waals surface area (Å²) in [5.74, 6) is -0.787. The summed E-state index contributed by atoms with van der Waals surface area (Å²) in [6.45, 7) is 1.98. The normalized spacial score (nSPS) is 13.0. The van der Waals surface area contributed by atoms with Crippen LogP contribution in [0.5, 0.6) is 0 Å². The van der Waals surface area contributed by atoms with Crippen LogP contribution >= 0.6 is 11.8 Å². The fraction of sp³-hybridized carbons (Fsp3) is 0.833. The van der Waals surface area contributed by atoms with Gasteiger partial charge in [-0.15, -0.1) is 11.8 Å². The molecule has 0 aromatic rings. The number of hydrogen-bond donors (Lipinski definition) is 1. The highest BCUT2D eigenvalue weighted by Gasteiger charge is 2.14. The van der Waals surface area contributed by atoms with Crippen molar-refractivity contribution < 1.29 is 14.3 Å². The lowest BCUT2D eigenvalue weighted by Crippen LogP contribution is -2.10. The number of aliphatic carboxylic acids is 1. The molecule has 1 atom stereocenters. The molecular formula is C6H11FO2S. The van der Waals surface area contributed by atoms with Crippen molar-refractivity contribution in [3.05, 3.63) is 0 Å². The van der Waals surface area contributed by atoms with E-state index in [1.165, 1.54) is 0 Å². The second kappa shape index (κ2) is 5.53. The van der Waals surface area contributed by atoms with Crippen LogP contribution in [0.2, 0.25) is 0 Å². The van der Waals surface area contributed by atoms with Crippen LogP contribution in [0.3, 0.4) is 0 Å². The average molecular weight is 166 g/mol. The van der Waals surface area contributed by atoms with E-state index in [0.29, 0.717) is 5.75 Å². The molecule has 0 bridgehead atoms. The predicted octanol–water partition coefficient (Wildman–Crippen LogP) is 1.90. The fourth-order valence-corrected chi connectivity index (χ4v) is 1.21. The first-order chi connectivity index (χ1) is 4.68. The van der Waals surface area contributed by atoms with Gasteiger partial charge in [0.1, 0.15) is 0 Å². The van der Waals surface area contributed by atoms with E-state index in [4.69, 9.17) is 5.11 Å². The molecule has 0 heterocycles. The van der Waals surface area contributed by atoms with Crippen molar-refractivity contribution in [3.63, 3.8) is 0 Å². The molecule has 0 aromatic heterocycles. The molecule has 0 spiro atoms. The standard InChI is InChI=1S/C6H11FO2S/c1-2-3-4-10-5(7)6(8)9/h5H,2-4H2,1H3,(H,8,9). The lowest BCUT2D eigenvalue weighted by molar-refractivity contribution is -0.139. The quantitative estimate of drug-likeness (QED) is 0.634. The summed E-state index contributed by atoms with van der Waals surface area (Å²) in [5, 5.41) is 8.09. The van der Waals surface area contributed by atoms with Crippen LogP contribution in [0.15, 0.2) is 0 Å². The van der Waals surface area contributed by atoms with E-state index in [2.05, 4.69) is 0 Å². The van der Waals surface area contributed by atoms with Crippen LogP contribution in [0, 0.1) is 0 Å². The molecule has 1 N–H and O–H groups in total. The van der Waals surface area contributed by atoms with E-state index in [1.807, 2.05) is 6.92 Å². The molecular weight excluding hydrogens is 155 g/mol. The van der Waals surface area contributed by atoms with E-state index < -0.39 is 11.5 Å². The number of carboxylic acids is 1. The third-order valence-electron chi connectivity index (χ3n) is 0.956. The molecule has 0 fully saturated rings. The monoisotopic (exact) mass is 166 g/mol. The summed E-state index contributed by atoms with van der Waals surface area (Å²) < 4.78 is 12.2. The van der Waals surface area contributed by atoms with Crippen LogP contribution < -0.4 is 0 Å². The van der Waals surface area contributed by atoms with Gasteiger partial charge in [0.25, 0.3) is 0 Å². The number of thioether (sulfide) groups is 1. The van der Waals surface area contributed by atoms with Crippen LogP contribution in [0.1, 0.15) is 19.8 Å². The Morgan fingerprint density at radius 3 is 2.80 bits per heavy atom. The summed E-state index contributed by atoms with van der Waals surface area (Å²) in [7, 11) is 0. The predicted molar refractivity (Wildman–Crippen MR) is 39.9 cm³/mol. The maximum absolute atomic E-state index is 12.2.